The number of ether oxygens (including phenoxy) is 2. The number of carbonyl (C=O) groups is 1. The van der Waals surface area contributed by atoms with E-state index in [9.17, 15) is 4.79 Å². The summed E-state index contributed by atoms with van der Waals surface area (Å²) in [7, 11) is 3.13. The Bertz CT molecular complexity index is 944. The van der Waals surface area contributed by atoms with E-state index in [1.54, 1.807) is 44.6 Å². The molecule has 0 radical (unpaired) electrons. The van der Waals surface area contributed by atoms with Crippen molar-refractivity contribution in [3.63, 3.8) is 0 Å². The predicted octanol–water partition coefficient (Wildman–Crippen LogP) is 3.79. The van der Waals surface area contributed by atoms with Crippen LogP contribution in [0, 0.1) is 0 Å². The molecule has 0 aliphatic carbocycles. The van der Waals surface area contributed by atoms with Crippen molar-refractivity contribution in [2.45, 2.75) is 13.0 Å². The maximum absolute atomic E-state index is 13.1. The molecule has 0 unspecified atom stereocenters. The number of hydrogen-bond acceptors (Lipinski definition) is 4. The predicted molar refractivity (Wildman–Crippen MR) is 114 cm³/mol. The van der Waals surface area contributed by atoms with E-state index in [0.717, 1.165) is 5.56 Å². The number of anilines is 1. The molecule has 0 saturated carbocycles. The zero-order valence-electron chi connectivity index (χ0n) is 15.6. The Morgan fingerprint density at radius 2 is 1.86 bits per heavy atom. The van der Waals surface area contributed by atoms with Crippen LogP contribution in [0.25, 0.3) is 0 Å². The summed E-state index contributed by atoms with van der Waals surface area (Å²) in [6.45, 7) is 1.81. The van der Waals surface area contributed by atoms with E-state index in [1.165, 1.54) is 0 Å². The minimum Gasteiger partial charge on any atom is -0.493 e. The van der Waals surface area contributed by atoms with Crippen LogP contribution in [0.15, 0.2) is 53.7 Å². The topological polar surface area (TPSA) is 71.6 Å². The van der Waals surface area contributed by atoms with Gasteiger partial charge in [0.1, 0.15) is 0 Å². The second-order valence-electron chi connectivity index (χ2n) is 6.11. The maximum Gasteiger partial charge on any atom is 0.255 e. The van der Waals surface area contributed by atoms with E-state index in [0.29, 0.717) is 38.6 Å². The summed E-state index contributed by atoms with van der Waals surface area (Å²) < 4.78 is 10.9. The van der Waals surface area contributed by atoms with Gasteiger partial charge in [0.2, 0.25) is 0 Å². The lowest BCUT2D eigenvalue weighted by atomic mass is 9.94. The highest BCUT2D eigenvalue weighted by atomic mass is 35.5. The fraction of sp³-hybridized carbons (Fsp3) is 0.200. The Hall–Kier alpha value is -2.77. The number of rotatable bonds is 5. The highest BCUT2D eigenvalue weighted by Gasteiger charge is 2.32. The minimum absolute atomic E-state index is 0.266. The third kappa shape index (κ3) is 4.05. The van der Waals surface area contributed by atoms with Gasteiger partial charge in [0, 0.05) is 22.0 Å². The molecular weight excluding hydrogens is 398 g/mol. The van der Waals surface area contributed by atoms with Gasteiger partial charge in [0.05, 0.1) is 25.8 Å². The van der Waals surface area contributed by atoms with E-state index >= 15 is 0 Å². The number of halogens is 1. The standard InChI is InChI=1S/C20H20ClN3O3S/c1-11-16(19(25)23-13-9-7-12(21)8-10-13)17(24-20(28)22-11)14-5-4-6-15(26-2)18(14)27-3/h4-10,17H,1-3H3,(H,23,25)(H2,22,24,28)/t17-/m1/s1. The van der Waals surface area contributed by atoms with E-state index in [4.69, 9.17) is 33.3 Å². The van der Waals surface area contributed by atoms with Gasteiger partial charge >= 0.3 is 0 Å². The molecule has 8 heteroatoms. The Kier molecular flexibility index (Phi) is 6.06. The molecule has 2 aromatic rings. The van der Waals surface area contributed by atoms with Crippen LogP contribution < -0.4 is 25.4 Å². The largest absolute Gasteiger partial charge is 0.493 e. The summed E-state index contributed by atoms with van der Waals surface area (Å²) >= 11 is 11.2. The lowest BCUT2D eigenvalue weighted by molar-refractivity contribution is -0.113. The second-order valence-corrected chi connectivity index (χ2v) is 6.96. The number of allylic oxidation sites excluding steroid dienone is 1. The zero-order valence-corrected chi connectivity index (χ0v) is 17.2. The van der Waals surface area contributed by atoms with Gasteiger partial charge in [-0.25, -0.2) is 0 Å². The Balaban J connectivity index is 2.02. The number of benzene rings is 2. The molecule has 28 heavy (non-hydrogen) atoms. The van der Waals surface area contributed by atoms with Crippen molar-refractivity contribution in [1.82, 2.24) is 10.6 Å². The average molecular weight is 418 g/mol. The van der Waals surface area contributed by atoms with Gasteiger partial charge in [-0.2, -0.15) is 0 Å². The van der Waals surface area contributed by atoms with E-state index in [2.05, 4.69) is 16.0 Å². The average Bonchev–Trinajstić information content (AvgIpc) is 2.68. The molecule has 1 heterocycles. The lowest BCUT2D eigenvalue weighted by Gasteiger charge is -2.31. The molecule has 1 amide bonds. The van der Waals surface area contributed by atoms with Crippen LogP contribution in [0.5, 0.6) is 11.5 Å². The molecular formula is C20H20ClN3O3S. The highest BCUT2D eigenvalue weighted by molar-refractivity contribution is 7.80. The number of amides is 1. The zero-order chi connectivity index (χ0) is 20.3. The molecule has 1 atom stereocenters. The molecule has 0 bridgehead atoms. The first-order chi connectivity index (χ1) is 13.4. The van der Waals surface area contributed by atoms with Crippen LogP contribution in [-0.2, 0) is 4.79 Å². The molecule has 3 N–H and O–H groups in total. The monoisotopic (exact) mass is 417 g/mol. The molecule has 0 spiro atoms. The molecule has 1 aliphatic rings. The Morgan fingerprint density at radius 3 is 2.50 bits per heavy atom. The summed E-state index contributed by atoms with van der Waals surface area (Å²) in [5.41, 5.74) is 2.53. The lowest BCUT2D eigenvalue weighted by Crippen LogP contribution is -2.45. The maximum atomic E-state index is 13.1. The van der Waals surface area contributed by atoms with Gasteiger partial charge in [-0.15, -0.1) is 0 Å². The second kappa shape index (κ2) is 8.50. The van der Waals surface area contributed by atoms with Crippen molar-refractivity contribution < 1.29 is 14.3 Å². The summed E-state index contributed by atoms with van der Waals surface area (Å²) in [5.74, 6) is 0.843. The van der Waals surface area contributed by atoms with Crippen LogP contribution in [-0.4, -0.2) is 25.2 Å². The van der Waals surface area contributed by atoms with Gasteiger partial charge in [-0.1, -0.05) is 23.7 Å². The number of hydrogen-bond donors (Lipinski definition) is 3. The number of para-hydroxylation sites is 1. The third-order valence-corrected chi connectivity index (χ3v) is 4.83. The van der Waals surface area contributed by atoms with Crippen LogP contribution >= 0.6 is 23.8 Å². The van der Waals surface area contributed by atoms with Crippen molar-refractivity contribution in [1.29, 1.82) is 0 Å². The van der Waals surface area contributed by atoms with Crippen molar-refractivity contribution in [3.05, 3.63) is 64.3 Å². The molecule has 3 rings (SSSR count). The first kappa shape index (κ1) is 20.0. The highest BCUT2D eigenvalue weighted by Crippen LogP contribution is 2.39. The Morgan fingerprint density at radius 1 is 1.14 bits per heavy atom. The third-order valence-electron chi connectivity index (χ3n) is 4.36. The van der Waals surface area contributed by atoms with Crippen LogP contribution in [0.3, 0.4) is 0 Å². The molecule has 6 nitrogen and oxygen atoms in total. The number of nitrogens with one attached hydrogen (secondary N) is 3. The quantitative estimate of drug-likeness (QED) is 0.643. The SMILES string of the molecule is COc1cccc([C@H]2NC(=S)NC(C)=C2C(=O)Nc2ccc(Cl)cc2)c1OC. The first-order valence-corrected chi connectivity index (χ1v) is 9.29. The van der Waals surface area contributed by atoms with Crippen LogP contribution in [0.1, 0.15) is 18.5 Å². The van der Waals surface area contributed by atoms with Crippen molar-refractivity contribution in [3.8, 4) is 11.5 Å². The first-order valence-electron chi connectivity index (χ1n) is 8.50. The minimum atomic E-state index is -0.508. The van der Waals surface area contributed by atoms with Crippen LogP contribution in [0.2, 0.25) is 5.02 Å². The van der Waals surface area contributed by atoms with E-state index < -0.39 is 6.04 Å². The summed E-state index contributed by atoms with van der Waals surface area (Å²) in [6.07, 6.45) is 0. The van der Waals surface area contributed by atoms with E-state index in [-0.39, 0.29) is 5.91 Å². The number of thiocarbonyl (C=S) groups is 1. The summed E-state index contributed by atoms with van der Waals surface area (Å²) in [4.78, 5) is 13.1. The van der Waals surface area contributed by atoms with E-state index in [1.807, 2.05) is 19.1 Å². The van der Waals surface area contributed by atoms with Gasteiger partial charge in [-0.05, 0) is 49.5 Å². The Labute approximate surface area is 173 Å². The van der Waals surface area contributed by atoms with Gasteiger partial charge in [0.15, 0.2) is 16.6 Å². The molecule has 2 aromatic carbocycles. The molecule has 0 saturated heterocycles. The number of carbonyl (C=O) groups excluding carboxylic acids is 1. The summed E-state index contributed by atoms with van der Waals surface area (Å²) in [5, 5.41) is 10.1. The molecule has 0 aromatic heterocycles. The molecule has 0 fully saturated rings. The fourth-order valence-corrected chi connectivity index (χ4v) is 3.50. The van der Waals surface area contributed by atoms with Crippen molar-refractivity contribution >= 4 is 40.5 Å². The smallest absolute Gasteiger partial charge is 0.255 e. The molecule has 1 aliphatic heterocycles. The van der Waals surface area contributed by atoms with Crippen molar-refractivity contribution in [2.24, 2.45) is 0 Å². The molecule has 146 valence electrons. The number of methoxy groups -OCH3 is 2. The van der Waals surface area contributed by atoms with Crippen LogP contribution in [0.4, 0.5) is 5.69 Å². The fourth-order valence-electron chi connectivity index (χ4n) is 3.10. The van der Waals surface area contributed by atoms with Gasteiger partial charge in [0.25, 0.3) is 5.91 Å². The normalized spacial score (nSPS) is 16.1. The van der Waals surface area contributed by atoms with Crippen molar-refractivity contribution in [2.75, 3.05) is 19.5 Å². The van der Waals surface area contributed by atoms with Gasteiger partial charge < -0.3 is 25.4 Å². The summed E-state index contributed by atoms with van der Waals surface area (Å²) in [6, 6.07) is 11.9. The van der Waals surface area contributed by atoms with Gasteiger partial charge in [-0.3, -0.25) is 4.79 Å².